The third-order valence-electron chi connectivity index (χ3n) is 3.92. The van der Waals surface area contributed by atoms with Gasteiger partial charge in [-0.3, -0.25) is 4.79 Å². The van der Waals surface area contributed by atoms with E-state index in [4.69, 9.17) is 23.2 Å². The van der Waals surface area contributed by atoms with E-state index in [-0.39, 0.29) is 10.6 Å². The zero-order chi connectivity index (χ0) is 14.8. The van der Waals surface area contributed by atoms with Gasteiger partial charge in [-0.15, -0.1) is 11.6 Å². The molecule has 2 unspecified atom stereocenters. The lowest BCUT2D eigenvalue weighted by Crippen LogP contribution is -2.52. The second-order valence-corrected chi connectivity index (χ2v) is 6.35. The van der Waals surface area contributed by atoms with Gasteiger partial charge in [0.2, 0.25) is 0 Å². The van der Waals surface area contributed by atoms with Crippen molar-refractivity contribution in [3.05, 3.63) is 34.6 Å². The Morgan fingerprint density at radius 2 is 2.30 bits per heavy atom. The van der Waals surface area contributed by atoms with Crippen LogP contribution in [0, 0.1) is 11.7 Å². The van der Waals surface area contributed by atoms with Crippen molar-refractivity contribution in [1.82, 2.24) is 5.32 Å². The highest BCUT2D eigenvalue weighted by Crippen LogP contribution is 2.33. The van der Waals surface area contributed by atoms with E-state index in [1.54, 1.807) is 6.07 Å². The molecule has 1 aromatic carbocycles. The maximum atomic E-state index is 13.9. The van der Waals surface area contributed by atoms with Gasteiger partial charge in [0.1, 0.15) is 0 Å². The molecule has 1 aromatic rings. The monoisotopic (exact) mass is 317 g/mol. The van der Waals surface area contributed by atoms with Crippen LogP contribution >= 0.6 is 23.2 Å². The van der Waals surface area contributed by atoms with Crippen LogP contribution in [0.15, 0.2) is 18.2 Å². The fourth-order valence-corrected chi connectivity index (χ4v) is 3.40. The van der Waals surface area contributed by atoms with Crippen LogP contribution in [0.2, 0.25) is 5.02 Å². The zero-order valence-corrected chi connectivity index (χ0v) is 12.9. The van der Waals surface area contributed by atoms with Crippen molar-refractivity contribution in [2.75, 3.05) is 5.88 Å². The average Bonchev–Trinajstić information content (AvgIpc) is 2.41. The Kier molecular flexibility index (Phi) is 4.92. The summed E-state index contributed by atoms with van der Waals surface area (Å²) in [6.07, 6.45) is 3.81. The van der Waals surface area contributed by atoms with Gasteiger partial charge in [0.05, 0.1) is 16.1 Å². The first-order valence-electron chi connectivity index (χ1n) is 6.80. The predicted molar refractivity (Wildman–Crippen MR) is 80.0 cm³/mol. The van der Waals surface area contributed by atoms with Crippen LogP contribution < -0.4 is 5.32 Å². The second-order valence-electron chi connectivity index (χ2n) is 5.67. The first-order valence-corrected chi connectivity index (χ1v) is 7.71. The molecule has 1 aliphatic rings. The van der Waals surface area contributed by atoms with Crippen LogP contribution in [-0.2, 0) is 0 Å². The van der Waals surface area contributed by atoms with Crippen molar-refractivity contribution in [1.29, 1.82) is 0 Å². The number of nitrogens with one attached hydrogen (secondary N) is 1. The lowest BCUT2D eigenvalue weighted by molar-refractivity contribution is 0.0863. The summed E-state index contributed by atoms with van der Waals surface area (Å²) in [5.74, 6) is -0.280. The summed E-state index contributed by atoms with van der Waals surface area (Å²) >= 11 is 11.8. The lowest BCUT2D eigenvalue weighted by Gasteiger charge is -2.39. The van der Waals surface area contributed by atoms with E-state index < -0.39 is 17.3 Å². The van der Waals surface area contributed by atoms with E-state index in [0.29, 0.717) is 11.8 Å². The van der Waals surface area contributed by atoms with Crippen LogP contribution in [0.1, 0.15) is 43.0 Å². The minimum absolute atomic E-state index is 0.0276. The van der Waals surface area contributed by atoms with Gasteiger partial charge in [-0.05, 0) is 30.9 Å². The number of amides is 1. The molecule has 5 heteroatoms. The van der Waals surface area contributed by atoms with Crippen LogP contribution in [-0.4, -0.2) is 17.3 Å². The van der Waals surface area contributed by atoms with Crippen LogP contribution in [0.4, 0.5) is 4.39 Å². The summed E-state index contributed by atoms with van der Waals surface area (Å²) in [5.41, 5.74) is -0.467. The van der Waals surface area contributed by atoms with Gasteiger partial charge in [0.25, 0.3) is 5.91 Å². The van der Waals surface area contributed by atoms with Crippen molar-refractivity contribution >= 4 is 29.1 Å². The molecule has 1 saturated carbocycles. The zero-order valence-electron chi connectivity index (χ0n) is 11.4. The topological polar surface area (TPSA) is 29.1 Å². The summed E-state index contributed by atoms with van der Waals surface area (Å²) in [5, 5.41) is 2.88. The van der Waals surface area contributed by atoms with E-state index in [2.05, 4.69) is 12.2 Å². The highest BCUT2D eigenvalue weighted by atomic mass is 35.5. The largest absolute Gasteiger partial charge is 0.345 e. The summed E-state index contributed by atoms with van der Waals surface area (Å²) in [4.78, 5) is 12.3. The Morgan fingerprint density at radius 3 is 2.95 bits per heavy atom. The van der Waals surface area contributed by atoms with Crippen molar-refractivity contribution in [2.45, 2.75) is 38.1 Å². The van der Waals surface area contributed by atoms with Gasteiger partial charge in [0, 0.05) is 5.88 Å². The first kappa shape index (κ1) is 15.6. The van der Waals surface area contributed by atoms with E-state index in [9.17, 15) is 9.18 Å². The molecule has 110 valence electrons. The summed E-state index contributed by atoms with van der Waals surface area (Å²) < 4.78 is 13.9. The Morgan fingerprint density at radius 1 is 1.55 bits per heavy atom. The van der Waals surface area contributed by atoms with E-state index in [1.165, 1.54) is 12.1 Å². The summed E-state index contributed by atoms with van der Waals surface area (Å²) in [6.45, 7) is 2.15. The highest BCUT2D eigenvalue weighted by Gasteiger charge is 2.36. The molecule has 0 saturated heterocycles. The van der Waals surface area contributed by atoms with Crippen molar-refractivity contribution in [2.24, 2.45) is 5.92 Å². The number of benzene rings is 1. The Labute approximate surface area is 128 Å². The maximum Gasteiger partial charge on any atom is 0.254 e. The molecule has 0 radical (unpaired) electrons. The molecule has 0 heterocycles. The van der Waals surface area contributed by atoms with E-state index >= 15 is 0 Å². The molecular formula is C15H18Cl2FNO. The number of halogens is 3. The molecule has 0 bridgehead atoms. The molecule has 0 aliphatic heterocycles. The normalized spacial score (nSPS) is 26.3. The molecule has 0 aromatic heterocycles. The molecule has 2 rings (SSSR count). The number of carbonyl (C=O) groups excluding carboxylic acids is 1. The van der Waals surface area contributed by atoms with Crippen LogP contribution in [0.25, 0.3) is 0 Å². The Balaban J connectivity index is 2.19. The van der Waals surface area contributed by atoms with Crippen molar-refractivity contribution < 1.29 is 9.18 Å². The quantitative estimate of drug-likeness (QED) is 0.823. The smallest absolute Gasteiger partial charge is 0.254 e. The lowest BCUT2D eigenvalue weighted by atomic mass is 9.77. The SMILES string of the molecule is CC1CCCC(CCl)(NC(=O)c2cccc(Cl)c2F)C1. The van der Waals surface area contributed by atoms with Gasteiger partial charge >= 0.3 is 0 Å². The molecular weight excluding hydrogens is 300 g/mol. The molecule has 0 spiro atoms. The third-order valence-corrected chi connectivity index (χ3v) is 4.73. The number of hydrogen-bond acceptors (Lipinski definition) is 1. The highest BCUT2D eigenvalue weighted by molar-refractivity contribution is 6.31. The molecule has 1 amide bonds. The predicted octanol–water partition coefficient (Wildman–Crippen LogP) is 4.40. The Hall–Kier alpha value is -0.800. The molecule has 1 aliphatic carbocycles. The van der Waals surface area contributed by atoms with E-state index in [1.807, 2.05) is 0 Å². The first-order chi connectivity index (χ1) is 9.47. The van der Waals surface area contributed by atoms with Crippen LogP contribution in [0.5, 0.6) is 0 Å². The fourth-order valence-electron chi connectivity index (χ4n) is 2.92. The maximum absolute atomic E-state index is 13.9. The summed E-state index contributed by atoms with van der Waals surface area (Å²) in [6, 6.07) is 4.43. The van der Waals surface area contributed by atoms with Gasteiger partial charge in [-0.25, -0.2) is 4.39 Å². The number of carbonyl (C=O) groups is 1. The van der Waals surface area contributed by atoms with Crippen LogP contribution in [0.3, 0.4) is 0 Å². The third kappa shape index (κ3) is 3.26. The fraction of sp³-hybridized carbons (Fsp3) is 0.533. The van der Waals surface area contributed by atoms with Gasteiger partial charge in [-0.1, -0.05) is 37.4 Å². The van der Waals surface area contributed by atoms with Crippen molar-refractivity contribution in [3.8, 4) is 0 Å². The summed E-state index contributed by atoms with van der Waals surface area (Å²) in [7, 11) is 0. The van der Waals surface area contributed by atoms with Crippen molar-refractivity contribution in [3.63, 3.8) is 0 Å². The molecule has 1 fully saturated rings. The van der Waals surface area contributed by atoms with Gasteiger partial charge in [-0.2, -0.15) is 0 Å². The minimum Gasteiger partial charge on any atom is -0.345 e. The number of alkyl halides is 1. The Bertz CT molecular complexity index is 509. The molecule has 1 N–H and O–H groups in total. The van der Waals surface area contributed by atoms with E-state index in [0.717, 1.165) is 25.7 Å². The standard InChI is InChI=1S/C15H18Cl2FNO/c1-10-4-3-7-15(8-10,9-16)19-14(20)11-5-2-6-12(17)13(11)18/h2,5-6,10H,3-4,7-9H2,1H3,(H,19,20). The second kappa shape index (κ2) is 6.31. The molecule has 20 heavy (non-hydrogen) atoms. The minimum atomic E-state index is -0.680. The molecule has 2 atom stereocenters. The average molecular weight is 318 g/mol. The van der Waals surface area contributed by atoms with Gasteiger partial charge < -0.3 is 5.32 Å². The number of rotatable bonds is 3. The molecule has 2 nitrogen and oxygen atoms in total. The number of hydrogen-bond donors (Lipinski definition) is 1. The van der Waals surface area contributed by atoms with Gasteiger partial charge in [0.15, 0.2) is 5.82 Å².